The first-order valence-electron chi connectivity index (χ1n) is 9.90. The number of aliphatic hydroxyl groups is 2. The molecular formula is C20H16Cl2F6N2O5S. The standard InChI is InChI=1S/C20H16Cl2F6N2O5S/c1-35-17(33)7-4-8(5-7)29-15(32)16-30-11(6-31)14(36-16)9-2-3-10(13(22)12(9)21)18(34,19(23,24)25)20(26,27)28/h2-3,7-8,31,34H,4-6H2,1H3,(H,29,32). The molecule has 0 spiro atoms. The van der Waals surface area contributed by atoms with Crippen LogP contribution < -0.4 is 5.32 Å². The zero-order valence-electron chi connectivity index (χ0n) is 17.9. The molecular weight excluding hydrogens is 565 g/mol. The molecule has 1 aliphatic carbocycles. The first kappa shape index (κ1) is 28.4. The number of benzene rings is 1. The summed E-state index contributed by atoms with van der Waals surface area (Å²) in [6.45, 7) is -0.752. The first-order chi connectivity index (χ1) is 16.6. The molecule has 1 saturated carbocycles. The summed E-state index contributed by atoms with van der Waals surface area (Å²) in [6, 6.07) is 0.700. The third-order valence-corrected chi connectivity index (χ3v) is 7.60. The van der Waals surface area contributed by atoms with Gasteiger partial charge in [0.15, 0.2) is 5.01 Å². The van der Waals surface area contributed by atoms with E-state index in [9.17, 15) is 46.1 Å². The van der Waals surface area contributed by atoms with Gasteiger partial charge in [0.1, 0.15) is 0 Å². The number of rotatable bonds is 6. The molecule has 2 aromatic rings. The quantitative estimate of drug-likeness (QED) is 0.340. The molecule has 0 bridgehead atoms. The van der Waals surface area contributed by atoms with E-state index in [0.29, 0.717) is 30.2 Å². The number of halogens is 8. The zero-order chi connectivity index (χ0) is 27.2. The Hall–Kier alpha value is -2.13. The van der Waals surface area contributed by atoms with Gasteiger partial charge in [-0.15, -0.1) is 11.3 Å². The molecule has 7 nitrogen and oxygen atoms in total. The highest BCUT2D eigenvalue weighted by Gasteiger charge is 2.72. The van der Waals surface area contributed by atoms with E-state index in [1.807, 2.05) is 0 Å². The molecule has 0 aliphatic heterocycles. The van der Waals surface area contributed by atoms with Gasteiger partial charge in [0, 0.05) is 17.2 Å². The largest absolute Gasteiger partial charge is 0.469 e. The SMILES string of the molecule is COC(=O)C1CC(NC(=O)c2nc(CO)c(-c3ccc(C(O)(C(F)(F)F)C(F)(F)F)c(Cl)c3Cl)s2)C1. The maximum absolute atomic E-state index is 13.3. The minimum absolute atomic E-state index is 0.0373. The Balaban J connectivity index is 1.94. The van der Waals surface area contributed by atoms with Crippen molar-refractivity contribution in [1.82, 2.24) is 10.3 Å². The normalized spacial score (nSPS) is 18.5. The number of carbonyl (C=O) groups excluding carboxylic acids is 2. The molecule has 198 valence electrons. The van der Waals surface area contributed by atoms with Gasteiger partial charge in [0.05, 0.1) is 40.3 Å². The Bertz CT molecular complexity index is 1170. The molecule has 16 heteroatoms. The Morgan fingerprint density at radius 1 is 1.14 bits per heavy atom. The van der Waals surface area contributed by atoms with E-state index in [1.165, 1.54) is 7.11 Å². The third kappa shape index (κ3) is 4.88. The lowest BCUT2D eigenvalue weighted by Gasteiger charge is -2.33. The van der Waals surface area contributed by atoms with Crippen molar-refractivity contribution < 1.29 is 50.9 Å². The van der Waals surface area contributed by atoms with Gasteiger partial charge in [0.2, 0.25) is 0 Å². The van der Waals surface area contributed by atoms with Crippen LogP contribution in [0.1, 0.15) is 33.9 Å². The van der Waals surface area contributed by atoms with E-state index in [4.69, 9.17) is 23.2 Å². The summed E-state index contributed by atoms with van der Waals surface area (Å²) < 4.78 is 84.3. The molecule has 3 N–H and O–H groups in total. The van der Waals surface area contributed by atoms with Gasteiger partial charge in [-0.3, -0.25) is 9.59 Å². The number of aromatic nitrogens is 1. The van der Waals surface area contributed by atoms with E-state index in [-0.39, 0.29) is 33.1 Å². The summed E-state index contributed by atoms with van der Waals surface area (Å²) in [5.41, 5.74) is -7.40. The molecule has 1 aromatic carbocycles. The van der Waals surface area contributed by atoms with Crippen LogP contribution in [0.3, 0.4) is 0 Å². The fraction of sp³-hybridized carbons (Fsp3) is 0.450. The summed E-state index contributed by atoms with van der Waals surface area (Å²) in [4.78, 5) is 27.9. The van der Waals surface area contributed by atoms with Crippen LogP contribution in [0.5, 0.6) is 0 Å². The molecule has 1 aromatic heterocycles. The van der Waals surface area contributed by atoms with Gasteiger partial charge in [0.25, 0.3) is 11.5 Å². The average molecular weight is 581 g/mol. The van der Waals surface area contributed by atoms with Gasteiger partial charge in [-0.2, -0.15) is 26.3 Å². The van der Waals surface area contributed by atoms with Crippen molar-refractivity contribution in [2.45, 2.75) is 43.4 Å². The van der Waals surface area contributed by atoms with Crippen LogP contribution in [0.2, 0.25) is 10.0 Å². The second kappa shape index (κ2) is 9.97. The molecule has 3 rings (SSSR count). The molecule has 0 unspecified atom stereocenters. The van der Waals surface area contributed by atoms with Gasteiger partial charge < -0.3 is 20.3 Å². The number of nitrogens with one attached hydrogen (secondary N) is 1. The molecule has 36 heavy (non-hydrogen) atoms. The third-order valence-electron chi connectivity index (χ3n) is 5.59. The molecule has 1 amide bonds. The second-order valence-electron chi connectivity index (χ2n) is 7.81. The number of thiazole rings is 1. The predicted octanol–water partition coefficient (Wildman–Crippen LogP) is 4.60. The Kier molecular flexibility index (Phi) is 7.88. The van der Waals surface area contributed by atoms with Crippen LogP contribution in [0.4, 0.5) is 26.3 Å². The summed E-state index contributed by atoms with van der Waals surface area (Å²) in [6.07, 6.45) is -11.7. The molecule has 1 heterocycles. The highest BCUT2D eigenvalue weighted by molar-refractivity contribution is 7.17. The van der Waals surface area contributed by atoms with Crippen molar-refractivity contribution in [3.63, 3.8) is 0 Å². The monoisotopic (exact) mass is 580 g/mol. The smallest absolute Gasteiger partial charge is 0.430 e. The molecule has 0 atom stereocenters. The fourth-order valence-corrected chi connectivity index (χ4v) is 5.20. The summed E-state index contributed by atoms with van der Waals surface area (Å²) in [7, 11) is 1.23. The average Bonchev–Trinajstić information content (AvgIpc) is 3.19. The molecule has 1 aliphatic rings. The number of esters is 1. The van der Waals surface area contributed by atoms with Crippen molar-refractivity contribution in [2.75, 3.05) is 7.11 Å². The molecule has 0 radical (unpaired) electrons. The highest BCUT2D eigenvalue weighted by atomic mass is 35.5. The van der Waals surface area contributed by atoms with Crippen LogP contribution in [0.15, 0.2) is 12.1 Å². The van der Waals surface area contributed by atoms with Gasteiger partial charge >= 0.3 is 18.3 Å². The topological polar surface area (TPSA) is 109 Å². The van der Waals surface area contributed by atoms with Gasteiger partial charge in [-0.25, -0.2) is 4.98 Å². The number of ether oxygens (including phenoxy) is 1. The van der Waals surface area contributed by atoms with Gasteiger partial charge in [-0.05, 0) is 12.8 Å². The Morgan fingerprint density at radius 3 is 2.22 bits per heavy atom. The van der Waals surface area contributed by atoms with E-state index < -0.39 is 52.0 Å². The minimum Gasteiger partial charge on any atom is -0.469 e. The summed E-state index contributed by atoms with van der Waals surface area (Å²) >= 11 is 12.4. The zero-order valence-corrected chi connectivity index (χ0v) is 20.3. The summed E-state index contributed by atoms with van der Waals surface area (Å²) in [5, 5.41) is 19.7. The maximum atomic E-state index is 13.3. The van der Waals surface area contributed by atoms with Crippen molar-refractivity contribution in [1.29, 1.82) is 0 Å². The van der Waals surface area contributed by atoms with Crippen LogP contribution in [0.25, 0.3) is 10.4 Å². The number of nitrogens with zero attached hydrogens (tertiary/aromatic N) is 1. The van der Waals surface area contributed by atoms with Gasteiger partial charge in [-0.1, -0.05) is 35.3 Å². The van der Waals surface area contributed by atoms with E-state index in [0.717, 1.165) is 6.07 Å². The number of alkyl halides is 6. The number of hydrogen-bond acceptors (Lipinski definition) is 7. The van der Waals surface area contributed by atoms with Crippen LogP contribution in [-0.2, 0) is 21.7 Å². The lowest BCUT2D eigenvalue weighted by molar-refractivity contribution is -0.376. The number of amides is 1. The van der Waals surface area contributed by atoms with Crippen LogP contribution in [0, 0.1) is 5.92 Å². The van der Waals surface area contributed by atoms with E-state index >= 15 is 0 Å². The minimum atomic E-state index is -6.18. The maximum Gasteiger partial charge on any atom is 0.430 e. The Morgan fingerprint density at radius 2 is 1.72 bits per heavy atom. The lowest BCUT2D eigenvalue weighted by atomic mass is 9.80. The fourth-order valence-electron chi connectivity index (χ4n) is 3.58. The second-order valence-corrected chi connectivity index (χ2v) is 9.56. The van der Waals surface area contributed by atoms with E-state index in [1.54, 1.807) is 0 Å². The van der Waals surface area contributed by atoms with Crippen LogP contribution in [-0.4, -0.2) is 52.6 Å². The van der Waals surface area contributed by atoms with E-state index in [2.05, 4.69) is 15.0 Å². The highest BCUT2D eigenvalue weighted by Crippen LogP contribution is 2.54. The van der Waals surface area contributed by atoms with Crippen LogP contribution >= 0.6 is 34.5 Å². The van der Waals surface area contributed by atoms with Crippen molar-refractivity contribution in [3.05, 3.63) is 38.4 Å². The first-order valence-corrected chi connectivity index (χ1v) is 11.5. The lowest BCUT2D eigenvalue weighted by Crippen LogP contribution is -2.54. The summed E-state index contributed by atoms with van der Waals surface area (Å²) in [5.74, 6) is -1.47. The Labute approximate surface area is 213 Å². The predicted molar refractivity (Wildman–Crippen MR) is 115 cm³/mol. The molecule has 0 saturated heterocycles. The van der Waals surface area contributed by atoms with Crippen molar-refractivity contribution in [2.24, 2.45) is 5.92 Å². The number of carbonyl (C=O) groups is 2. The number of hydrogen-bond donors (Lipinski definition) is 3. The number of aliphatic hydroxyl groups excluding tert-OH is 1. The van der Waals surface area contributed by atoms with Crippen molar-refractivity contribution in [3.8, 4) is 10.4 Å². The number of methoxy groups -OCH3 is 1. The van der Waals surface area contributed by atoms with Crippen molar-refractivity contribution >= 4 is 46.4 Å². The molecule has 1 fully saturated rings.